The first-order valence-electron chi connectivity index (χ1n) is 5.97. The predicted molar refractivity (Wildman–Crippen MR) is 63.7 cm³/mol. The lowest BCUT2D eigenvalue weighted by molar-refractivity contribution is -0.117. The summed E-state index contributed by atoms with van der Waals surface area (Å²) in [4.78, 5) is 22.9. The molecule has 0 aliphatic heterocycles. The van der Waals surface area contributed by atoms with Gasteiger partial charge in [-0.05, 0) is 43.2 Å². The summed E-state index contributed by atoms with van der Waals surface area (Å²) >= 11 is 0. The molecule has 1 atom stereocenters. The van der Waals surface area contributed by atoms with Gasteiger partial charge in [0.1, 0.15) is 0 Å². The minimum absolute atomic E-state index is 0.00743. The van der Waals surface area contributed by atoms with E-state index in [1.807, 2.05) is 0 Å². The zero-order valence-corrected chi connectivity index (χ0v) is 10.1. The number of aromatic nitrogens is 2. The predicted octanol–water partition coefficient (Wildman–Crippen LogP) is 0.623. The van der Waals surface area contributed by atoms with E-state index in [9.17, 15) is 9.59 Å². The van der Waals surface area contributed by atoms with Crippen LogP contribution in [0.4, 0.5) is 5.82 Å². The molecule has 2 aliphatic carbocycles. The van der Waals surface area contributed by atoms with E-state index in [4.69, 9.17) is 5.73 Å². The standard InChI is InChI=1S/C12H14N4O2/c1-6-4-8(15-16-9(6)10(13)17)14-11(18)7-5-12(7)2-3-12/h4,7H,2-3,5H2,1H3,(H2,13,17)(H,14,15,18)/t7-/m0/s1. The number of nitrogens with one attached hydrogen (secondary N) is 1. The van der Waals surface area contributed by atoms with E-state index in [1.54, 1.807) is 13.0 Å². The largest absolute Gasteiger partial charge is 0.364 e. The first kappa shape index (κ1) is 11.1. The van der Waals surface area contributed by atoms with E-state index in [-0.39, 0.29) is 17.5 Å². The molecule has 94 valence electrons. The Kier molecular flexibility index (Phi) is 2.17. The zero-order valence-electron chi connectivity index (χ0n) is 10.1. The van der Waals surface area contributed by atoms with Crippen LogP contribution < -0.4 is 11.1 Å². The molecule has 0 saturated heterocycles. The normalized spacial score (nSPS) is 22.6. The Hall–Kier alpha value is -1.98. The van der Waals surface area contributed by atoms with Crippen molar-refractivity contribution >= 4 is 17.6 Å². The number of nitrogens with zero attached hydrogens (tertiary/aromatic N) is 2. The lowest BCUT2D eigenvalue weighted by atomic mass is 10.2. The maximum absolute atomic E-state index is 11.9. The third kappa shape index (κ3) is 1.73. The van der Waals surface area contributed by atoms with Gasteiger partial charge in [0.25, 0.3) is 5.91 Å². The molecule has 0 bridgehead atoms. The van der Waals surface area contributed by atoms with Gasteiger partial charge in [0.15, 0.2) is 11.5 Å². The fourth-order valence-corrected chi connectivity index (χ4v) is 2.43. The topological polar surface area (TPSA) is 98.0 Å². The van der Waals surface area contributed by atoms with Gasteiger partial charge >= 0.3 is 0 Å². The number of anilines is 1. The van der Waals surface area contributed by atoms with Crippen molar-refractivity contribution in [1.29, 1.82) is 0 Å². The maximum Gasteiger partial charge on any atom is 0.269 e. The summed E-state index contributed by atoms with van der Waals surface area (Å²) < 4.78 is 0. The molecule has 1 aromatic rings. The van der Waals surface area contributed by atoms with Gasteiger partial charge in [0, 0.05) is 5.92 Å². The van der Waals surface area contributed by atoms with Gasteiger partial charge in [-0.3, -0.25) is 9.59 Å². The summed E-state index contributed by atoms with van der Waals surface area (Å²) in [5, 5.41) is 10.3. The van der Waals surface area contributed by atoms with Crippen molar-refractivity contribution in [2.75, 3.05) is 5.32 Å². The number of carbonyl (C=O) groups is 2. The number of amides is 2. The van der Waals surface area contributed by atoms with Gasteiger partial charge in [0.05, 0.1) is 0 Å². The molecule has 6 nitrogen and oxygen atoms in total. The molecule has 2 fully saturated rings. The van der Waals surface area contributed by atoms with Gasteiger partial charge < -0.3 is 11.1 Å². The Bertz CT molecular complexity index is 551. The Morgan fingerprint density at radius 2 is 2.17 bits per heavy atom. The van der Waals surface area contributed by atoms with Crippen LogP contribution in [0.5, 0.6) is 0 Å². The van der Waals surface area contributed by atoms with E-state index < -0.39 is 5.91 Å². The van der Waals surface area contributed by atoms with E-state index in [2.05, 4.69) is 15.5 Å². The first-order valence-corrected chi connectivity index (χ1v) is 5.97. The lowest BCUT2D eigenvalue weighted by Crippen LogP contribution is -2.19. The molecule has 2 aliphatic rings. The molecule has 1 aromatic heterocycles. The van der Waals surface area contributed by atoms with Crippen LogP contribution in [0.2, 0.25) is 0 Å². The summed E-state index contributed by atoms with van der Waals surface area (Å²) in [5.41, 5.74) is 6.21. The van der Waals surface area contributed by atoms with E-state index in [0.29, 0.717) is 16.8 Å². The van der Waals surface area contributed by atoms with Crippen molar-refractivity contribution in [3.8, 4) is 0 Å². The fraction of sp³-hybridized carbons (Fsp3) is 0.500. The highest BCUT2D eigenvalue weighted by molar-refractivity contribution is 5.95. The molecule has 2 saturated carbocycles. The van der Waals surface area contributed by atoms with Crippen LogP contribution in [0, 0.1) is 18.3 Å². The second-order valence-electron chi connectivity index (χ2n) is 5.23. The molecular weight excluding hydrogens is 232 g/mol. The molecule has 2 amide bonds. The fourth-order valence-electron chi connectivity index (χ4n) is 2.43. The summed E-state index contributed by atoms with van der Waals surface area (Å²) in [7, 11) is 0. The minimum atomic E-state index is -0.614. The average Bonchev–Trinajstić information content (AvgIpc) is 3.19. The molecule has 18 heavy (non-hydrogen) atoms. The number of rotatable bonds is 3. The van der Waals surface area contributed by atoms with Gasteiger partial charge in [-0.15, -0.1) is 10.2 Å². The van der Waals surface area contributed by atoms with E-state index >= 15 is 0 Å². The van der Waals surface area contributed by atoms with Crippen molar-refractivity contribution < 1.29 is 9.59 Å². The highest BCUT2D eigenvalue weighted by Gasteiger charge is 2.65. The molecule has 0 aromatic carbocycles. The van der Waals surface area contributed by atoms with Gasteiger partial charge in [-0.2, -0.15) is 0 Å². The van der Waals surface area contributed by atoms with Crippen LogP contribution >= 0.6 is 0 Å². The highest BCUT2D eigenvalue weighted by atomic mass is 16.2. The smallest absolute Gasteiger partial charge is 0.269 e. The molecule has 0 radical (unpaired) electrons. The molecule has 3 N–H and O–H groups in total. The number of hydrogen-bond acceptors (Lipinski definition) is 4. The molecule has 6 heteroatoms. The number of carbonyl (C=O) groups excluding carboxylic acids is 2. The van der Waals surface area contributed by atoms with Crippen LogP contribution in [-0.2, 0) is 4.79 Å². The molecule has 1 heterocycles. The SMILES string of the molecule is Cc1cc(NC(=O)[C@@H]2CC23CC3)nnc1C(N)=O. The van der Waals surface area contributed by atoms with Gasteiger partial charge in [-0.1, -0.05) is 0 Å². The van der Waals surface area contributed by atoms with Crippen LogP contribution in [0.1, 0.15) is 35.3 Å². The van der Waals surface area contributed by atoms with Crippen LogP contribution in [-0.4, -0.2) is 22.0 Å². The van der Waals surface area contributed by atoms with Crippen molar-refractivity contribution in [2.24, 2.45) is 17.1 Å². The Balaban J connectivity index is 1.71. The molecule has 0 unspecified atom stereocenters. The second kappa shape index (κ2) is 3.51. The highest BCUT2D eigenvalue weighted by Crippen LogP contribution is 2.70. The summed E-state index contributed by atoms with van der Waals surface area (Å²) in [6.07, 6.45) is 3.32. The maximum atomic E-state index is 11.9. The third-order valence-corrected chi connectivity index (χ3v) is 3.87. The first-order chi connectivity index (χ1) is 8.52. The van der Waals surface area contributed by atoms with Crippen LogP contribution in [0.3, 0.4) is 0 Å². The lowest BCUT2D eigenvalue weighted by Gasteiger charge is -2.05. The van der Waals surface area contributed by atoms with Gasteiger partial charge in [-0.25, -0.2) is 0 Å². The molecule has 1 spiro atoms. The van der Waals surface area contributed by atoms with Crippen molar-refractivity contribution in [2.45, 2.75) is 26.2 Å². The molecular formula is C12H14N4O2. The van der Waals surface area contributed by atoms with Crippen LogP contribution in [0.15, 0.2) is 6.07 Å². The Labute approximate surface area is 104 Å². The number of nitrogens with two attached hydrogens (primary N) is 1. The Morgan fingerprint density at radius 3 is 2.67 bits per heavy atom. The third-order valence-electron chi connectivity index (χ3n) is 3.87. The number of aryl methyl sites for hydroxylation is 1. The monoisotopic (exact) mass is 246 g/mol. The van der Waals surface area contributed by atoms with E-state index in [0.717, 1.165) is 19.3 Å². The average molecular weight is 246 g/mol. The second-order valence-corrected chi connectivity index (χ2v) is 5.23. The van der Waals surface area contributed by atoms with Crippen molar-refractivity contribution in [3.63, 3.8) is 0 Å². The van der Waals surface area contributed by atoms with Crippen molar-refractivity contribution in [1.82, 2.24) is 10.2 Å². The van der Waals surface area contributed by atoms with Gasteiger partial charge in [0.2, 0.25) is 5.91 Å². The quantitative estimate of drug-likeness (QED) is 0.816. The number of hydrogen-bond donors (Lipinski definition) is 2. The summed E-state index contributed by atoms with van der Waals surface area (Å²) in [5.74, 6) is -0.0920. The van der Waals surface area contributed by atoms with E-state index in [1.165, 1.54) is 0 Å². The zero-order chi connectivity index (χ0) is 12.9. The Morgan fingerprint density at radius 1 is 1.44 bits per heavy atom. The summed E-state index contributed by atoms with van der Waals surface area (Å²) in [6.45, 7) is 1.71. The number of primary amides is 1. The van der Waals surface area contributed by atoms with Crippen molar-refractivity contribution in [3.05, 3.63) is 17.3 Å². The van der Waals surface area contributed by atoms with Crippen LogP contribution in [0.25, 0.3) is 0 Å². The minimum Gasteiger partial charge on any atom is -0.364 e. The molecule has 3 rings (SSSR count). The summed E-state index contributed by atoms with van der Waals surface area (Å²) in [6, 6.07) is 1.62.